The summed E-state index contributed by atoms with van der Waals surface area (Å²) in [6.45, 7) is 2.75. The molecule has 2 rings (SSSR count). The second kappa shape index (κ2) is 3.82. The van der Waals surface area contributed by atoms with Gasteiger partial charge in [-0.1, -0.05) is 0 Å². The number of aryl methyl sites for hydroxylation is 1. The lowest BCUT2D eigenvalue weighted by atomic mass is 10.4. The third-order valence-corrected chi connectivity index (χ3v) is 2.30. The fraction of sp³-hybridized carbons (Fsp3) is 0.600. The van der Waals surface area contributed by atoms with E-state index in [1.807, 2.05) is 6.92 Å². The molecule has 1 fully saturated rings. The molecule has 14 heavy (non-hydrogen) atoms. The highest BCUT2D eigenvalue weighted by Gasteiger charge is 2.22. The minimum atomic E-state index is 0.612. The van der Waals surface area contributed by atoms with Crippen LogP contribution in [0.5, 0.6) is 5.88 Å². The van der Waals surface area contributed by atoms with Crippen molar-refractivity contribution >= 4 is 5.95 Å². The smallest absolute Gasteiger partial charge is 0.225 e. The summed E-state index contributed by atoms with van der Waals surface area (Å²) in [4.78, 5) is 8.34. The number of anilines is 1. The molecule has 0 aliphatic heterocycles. The quantitative estimate of drug-likeness (QED) is 0.789. The van der Waals surface area contributed by atoms with Crippen molar-refractivity contribution in [3.8, 4) is 5.88 Å². The highest BCUT2D eigenvalue weighted by molar-refractivity contribution is 5.31. The molecule has 0 bridgehead atoms. The molecule has 1 saturated carbocycles. The molecule has 1 aliphatic rings. The molecule has 0 atom stereocenters. The number of hydrogen-bond acceptors (Lipinski definition) is 4. The average Bonchev–Trinajstić information content (AvgIpc) is 3.00. The fourth-order valence-electron chi connectivity index (χ4n) is 1.17. The lowest BCUT2D eigenvalue weighted by Crippen LogP contribution is -2.05. The van der Waals surface area contributed by atoms with Crippen LogP contribution in [-0.4, -0.2) is 23.6 Å². The van der Waals surface area contributed by atoms with Gasteiger partial charge in [-0.3, -0.25) is 0 Å². The molecule has 76 valence electrons. The monoisotopic (exact) mass is 193 g/mol. The molecular formula is C10H15N3O. The van der Waals surface area contributed by atoms with E-state index in [0.717, 1.165) is 18.1 Å². The van der Waals surface area contributed by atoms with Gasteiger partial charge in [-0.15, -0.1) is 0 Å². The largest absolute Gasteiger partial charge is 0.477 e. The first-order valence-corrected chi connectivity index (χ1v) is 4.94. The van der Waals surface area contributed by atoms with Crippen LogP contribution >= 0.6 is 0 Å². The Bertz CT molecular complexity index is 323. The summed E-state index contributed by atoms with van der Waals surface area (Å²) in [5, 5.41) is 2.90. The SMILES string of the molecule is CNc1ncc(C)c(OCC2CC2)n1. The van der Waals surface area contributed by atoms with Crippen molar-refractivity contribution in [1.82, 2.24) is 9.97 Å². The van der Waals surface area contributed by atoms with Crippen LogP contribution < -0.4 is 10.1 Å². The summed E-state index contributed by atoms with van der Waals surface area (Å²) in [6, 6.07) is 0. The molecule has 0 radical (unpaired) electrons. The van der Waals surface area contributed by atoms with Gasteiger partial charge >= 0.3 is 0 Å². The molecular weight excluding hydrogens is 178 g/mol. The van der Waals surface area contributed by atoms with Gasteiger partial charge < -0.3 is 10.1 Å². The zero-order chi connectivity index (χ0) is 9.97. The molecule has 1 aliphatic carbocycles. The second-order valence-corrected chi connectivity index (χ2v) is 3.69. The van der Waals surface area contributed by atoms with E-state index in [-0.39, 0.29) is 0 Å². The van der Waals surface area contributed by atoms with Gasteiger partial charge in [0, 0.05) is 18.8 Å². The van der Waals surface area contributed by atoms with Crippen molar-refractivity contribution in [3.05, 3.63) is 11.8 Å². The van der Waals surface area contributed by atoms with Gasteiger partial charge in [-0.05, 0) is 25.7 Å². The zero-order valence-electron chi connectivity index (χ0n) is 8.58. The summed E-state index contributed by atoms with van der Waals surface area (Å²) in [5.41, 5.74) is 0.990. The van der Waals surface area contributed by atoms with Crippen molar-refractivity contribution < 1.29 is 4.74 Å². The molecule has 0 unspecified atom stereocenters. The first-order chi connectivity index (χ1) is 6.79. The minimum absolute atomic E-state index is 0.612. The predicted molar refractivity (Wildman–Crippen MR) is 54.5 cm³/mol. The van der Waals surface area contributed by atoms with Crippen molar-refractivity contribution in [2.24, 2.45) is 5.92 Å². The minimum Gasteiger partial charge on any atom is -0.477 e. The lowest BCUT2D eigenvalue weighted by molar-refractivity contribution is 0.286. The predicted octanol–water partition coefficient (Wildman–Crippen LogP) is 1.62. The summed E-state index contributed by atoms with van der Waals surface area (Å²) < 4.78 is 5.61. The fourth-order valence-corrected chi connectivity index (χ4v) is 1.17. The molecule has 0 aromatic carbocycles. The van der Waals surface area contributed by atoms with E-state index in [9.17, 15) is 0 Å². The average molecular weight is 193 g/mol. The van der Waals surface area contributed by atoms with E-state index in [2.05, 4.69) is 15.3 Å². The Kier molecular flexibility index (Phi) is 2.52. The van der Waals surface area contributed by atoms with Crippen LogP contribution in [0.4, 0.5) is 5.95 Å². The van der Waals surface area contributed by atoms with E-state index < -0.39 is 0 Å². The van der Waals surface area contributed by atoms with Gasteiger partial charge in [-0.25, -0.2) is 4.98 Å². The van der Waals surface area contributed by atoms with Gasteiger partial charge in [0.05, 0.1) is 6.61 Å². The topological polar surface area (TPSA) is 47.0 Å². The number of nitrogens with zero attached hydrogens (tertiary/aromatic N) is 2. The van der Waals surface area contributed by atoms with E-state index >= 15 is 0 Å². The highest BCUT2D eigenvalue weighted by Crippen LogP contribution is 2.29. The highest BCUT2D eigenvalue weighted by atomic mass is 16.5. The standard InChI is InChI=1S/C10H15N3O/c1-7-5-12-10(11-2)13-9(7)14-6-8-3-4-8/h5,8H,3-4,6H2,1-2H3,(H,11,12,13). The van der Waals surface area contributed by atoms with Gasteiger partial charge in [-0.2, -0.15) is 4.98 Å². The van der Waals surface area contributed by atoms with Crippen LogP contribution in [-0.2, 0) is 0 Å². The first-order valence-electron chi connectivity index (χ1n) is 4.94. The summed E-state index contributed by atoms with van der Waals surface area (Å²) >= 11 is 0. The van der Waals surface area contributed by atoms with E-state index in [1.54, 1.807) is 13.2 Å². The van der Waals surface area contributed by atoms with Gasteiger partial charge in [0.2, 0.25) is 11.8 Å². The molecule has 1 heterocycles. The Morgan fingerprint density at radius 3 is 3.00 bits per heavy atom. The van der Waals surface area contributed by atoms with Crippen LogP contribution in [0.3, 0.4) is 0 Å². The van der Waals surface area contributed by atoms with Crippen LogP contribution in [0.2, 0.25) is 0 Å². The number of aromatic nitrogens is 2. The summed E-state index contributed by atoms with van der Waals surface area (Å²) in [6.07, 6.45) is 4.37. The molecule has 0 amide bonds. The van der Waals surface area contributed by atoms with Crippen molar-refractivity contribution in [3.63, 3.8) is 0 Å². The normalized spacial score (nSPS) is 15.3. The molecule has 1 aromatic heterocycles. The Hall–Kier alpha value is -1.32. The third kappa shape index (κ3) is 2.13. The second-order valence-electron chi connectivity index (χ2n) is 3.69. The maximum Gasteiger partial charge on any atom is 0.225 e. The van der Waals surface area contributed by atoms with Crippen LogP contribution in [0, 0.1) is 12.8 Å². The summed E-state index contributed by atoms with van der Waals surface area (Å²) in [7, 11) is 1.80. The van der Waals surface area contributed by atoms with E-state index in [1.165, 1.54) is 12.8 Å². The van der Waals surface area contributed by atoms with Crippen LogP contribution in [0.25, 0.3) is 0 Å². The van der Waals surface area contributed by atoms with Crippen molar-refractivity contribution in [1.29, 1.82) is 0 Å². The van der Waals surface area contributed by atoms with Crippen molar-refractivity contribution in [2.75, 3.05) is 19.0 Å². The summed E-state index contributed by atoms with van der Waals surface area (Å²) in [5.74, 6) is 2.07. The number of nitrogens with one attached hydrogen (secondary N) is 1. The Labute approximate surface area is 83.7 Å². The van der Waals surface area contributed by atoms with E-state index in [0.29, 0.717) is 11.8 Å². The van der Waals surface area contributed by atoms with Crippen LogP contribution in [0.15, 0.2) is 6.20 Å². The molecule has 4 nitrogen and oxygen atoms in total. The van der Waals surface area contributed by atoms with Crippen molar-refractivity contribution in [2.45, 2.75) is 19.8 Å². The first kappa shape index (κ1) is 9.24. The molecule has 0 spiro atoms. The number of rotatable bonds is 4. The molecule has 1 aromatic rings. The molecule has 4 heteroatoms. The van der Waals surface area contributed by atoms with E-state index in [4.69, 9.17) is 4.74 Å². The van der Waals surface area contributed by atoms with Gasteiger partial charge in [0.1, 0.15) is 0 Å². The maximum atomic E-state index is 5.61. The molecule has 0 saturated heterocycles. The maximum absolute atomic E-state index is 5.61. The Morgan fingerprint density at radius 1 is 1.57 bits per heavy atom. The third-order valence-electron chi connectivity index (χ3n) is 2.30. The lowest BCUT2D eigenvalue weighted by Gasteiger charge is -2.07. The Morgan fingerprint density at radius 2 is 2.36 bits per heavy atom. The number of hydrogen-bond donors (Lipinski definition) is 1. The Balaban J connectivity index is 2.04. The molecule has 1 N–H and O–H groups in total. The zero-order valence-corrected chi connectivity index (χ0v) is 8.58. The van der Waals surface area contributed by atoms with Gasteiger partial charge in [0.25, 0.3) is 0 Å². The van der Waals surface area contributed by atoms with Crippen LogP contribution in [0.1, 0.15) is 18.4 Å². The van der Waals surface area contributed by atoms with Gasteiger partial charge in [0.15, 0.2) is 0 Å². The number of ether oxygens (including phenoxy) is 1.